The van der Waals surface area contributed by atoms with Gasteiger partial charge in [0.25, 0.3) is 0 Å². The SMILES string of the molecule is O=C(O)C(C(=O)O)n1c(=O)c1=O. The van der Waals surface area contributed by atoms with Crippen molar-refractivity contribution in [2.24, 2.45) is 0 Å². The summed E-state index contributed by atoms with van der Waals surface area (Å²) in [6.45, 7) is 0. The standard InChI is InChI=1S/C5H3NO6/c7-2-3(8)6(2)1(4(9)10)5(11)12/h1H,(H,9,10)(H,11,12). The summed E-state index contributed by atoms with van der Waals surface area (Å²) in [6.07, 6.45) is 0. The van der Waals surface area contributed by atoms with Gasteiger partial charge in [-0.05, 0) is 0 Å². The lowest BCUT2D eigenvalue weighted by Crippen LogP contribution is -2.26. The van der Waals surface area contributed by atoms with Crippen molar-refractivity contribution in [1.29, 1.82) is 0 Å². The molecule has 2 N–H and O–H groups in total. The Labute approximate surface area is 64.2 Å². The summed E-state index contributed by atoms with van der Waals surface area (Å²) < 4.78 is 0.171. The van der Waals surface area contributed by atoms with E-state index in [1.165, 1.54) is 0 Å². The molecule has 0 unspecified atom stereocenters. The first-order chi connectivity index (χ1) is 5.46. The Bertz CT molecular complexity index is 369. The van der Waals surface area contributed by atoms with E-state index < -0.39 is 29.1 Å². The molecule has 1 rings (SSSR count). The van der Waals surface area contributed by atoms with Crippen LogP contribution in [0.5, 0.6) is 0 Å². The third-order valence-electron chi connectivity index (χ3n) is 1.30. The number of rotatable bonds is 3. The molecule has 12 heavy (non-hydrogen) atoms. The van der Waals surface area contributed by atoms with Crippen molar-refractivity contribution in [3.05, 3.63) is 20.7 Å². The highest BCUT2D eigenvalue weighted by molar-refractivity contribution is 5.95. The van der Waals surface area contributed by atoms with Crippen LogP contribution in [0.15, 0.2) is 9.59 Å². The quantitative estimate of drug-likeness (QED) is 0.395. The monoisotopic (exact) mass is 173 g/mol. The van der Waals surface area contributed by atoms with E-state index >= 15 is 0 Å². The molecule has 0 aliphatic heterocycles. The first-order valence-corrected chi connectivity index (χ1v) is 2.80. The second-order valence-corrected chi connectivity index (χ2v) is 2.06. The van der Waals surface area contributed by atoms with Gasteiger partial charge in [0.15, 0.2) is 0 Å². The van der Waals surface area contributed by atoms with E-state index in [0.717, 1.165) is 0 Å². The molecular weight excluding hydrogens is 170 g/mol. The normalized spacial score (nSPS) is 10.8. The molecule has 0 fully saturated rings. The number of hydrogen-bond acceptors (Lipinski definition) is 4. The molecule has 0 atom stereocenters. The molecule has 0 spiro atoms. The highest BCUT2D eigenvalue weighted by Gasteiger charge is 2.36. The Hall–Kier alpha value is -1.92. The van der Waals surface area contributed by atoms with Crippen LogP contribution in [0.3, 0.4) is 0 Å². The summed E-state index contributed by atoms with van der Waals surface area (Å²) in [7, 11) is 0. The van der Waals surface area contributed by atoms with Crippen molar-refractivity contribution < 1.29 is 19.8 Å². The van der Waals surface area contributed by atoms with Gasteiger partial charge in [-0.3, -0.25) is 9.59 Å². The van der Waals surface area contributed by atoms with E-state index in [9.17, 15) is 19.2 Å². The van der Waals surface area contributed by atoms with E-state index in [4.69, 9.17) is 10.2 Å². The first-order valence-electron chi connectivity index (χ1n) is 2.80. The Balaban J connectivity index is 3.07. The number of nitrogens with zero attached hydrogens (tertiary/aromatic N) is 1. The Morgan fingerprint density at radius 2 is 1.42 bits per heavy atom. The molecule has 7 nitrogen and oxygen atoms in total. The average molecular weight is 173 g/mol. The third-order valence-corrected chi connectivity index (χ3v) is 1.30. The molecule has 0 saturated heterocycles. The van der Waals surface area contributed by atoms with Crippen molar-refractivity contribution in [1.82, 2.24) is 4.57 Å². The minimum atomic E-state index is -2.08. The first kappa shape index (κ1) is 8.18. The van der Waals surface area contributed by atoms with Gasteiger partial charge in [-0.1, -0.05) is 0 Å². The van der Waals surface area contributed by atoms with Crippen LogP contribution in [0.4, 0.5) is 0 Å². The zero-order chi connectivity index (χ0) is 9.46. The minimum Gasteiger partial charge on any atom is -0.479 e. The summed E-state index contributed by atoms with van der Waals surface area (Å²) in [6, 6.07) is -2.08. The second-order valence-electron chi connectivity index (χ2n) is 2.06. The van der Waals surface area contributed by atoms with E-state index in [0.29, 0.717) is 0 Å². The van der Waals surface area contributed by atoms with Gasteiger partial charge >= 0.3 is 23.1 Å². The average Bonchev–Trinajstić information content (AvgIpc) is 2.44. The zero-order valence-electron chi connectivity index (χ0n) is 5.55. The second kappa shape index (κ2) is 2.29. The fourth-order valence-electron chi connectivity index (χ4n) is 0.707. The summed E-state index contributed by atoms with van der Waals surface area (Å²) in [4.78, 5) is 41.0. The number of carboxylic acids is 2. The van der Waals surface area contributed by atoms with Gasteiger partial charge in [-0.15, -0.1) is 0 Å². The van der Waals surface area contributed by atoms with E-state index in [-0.39, 0.29) is 4.57 Å². The molecule has 1 aromatic heterocycles. The molecule has 0 radical (unpaired) electrons. The molecule has 0 amide bonds. The van der Waals surface area contributed by atoms with E-state index in [1.807, 2.05) is 0 Å². The smallest absolute Gasteiger partial charge is 0.338 e. The fourth-order valence-corrected chi connectivity index (χ4v) is 0.707. The van der Waals surface area contributed by atoms with Crippen LogP contribution in [-0.2, 0) is 9.59 Å². The van der Waals surface area contributed by atoms with Gasteiger partial charge in [-0.25, -0.2) is 14.2 Å². The maximum absolute atomic E-state index is 10.3. The number of aliphatic carboxylic acids is 2. The zero-order valence-corrected chi connectivity index (χ0v) is 5.55. The molecule has 0 aliphatic carbocycles. The van der Waals surface area contributed by atoms with E-state index in [2.05, 4.69) is 0 Å². The van der Waals surface area contributed by atoms with Crippen LogP contribution in [0.25, 0.3) is 0 Å². The molecule has 0 bridgehead atoms. The van der Waals surface area contributed by atoms with Crippen molar-refractivity contribution in [3.8, 4) is 0 Å². The molecule has 64 valence electrons. The Kier molecular flexibility index (Phi) is 1.56. The number of carboxylic acid groups (broad SMARTS) is 2. The van der Waals surface area contributed by atoms with Crippen LogP contribution in [0.1, 0.15) is 6.04 Å². The number of aromatic nitrogens is 1. The molecule has 1 heterocycles. The molecule has 0 saturated carbocycles. The van der Waals surface area contributed by atoms with Crippen molar-refractivity contribution in [3.63, 3.8) is 0 Å². The van der Waals surface area contributed by atoms with Crippen LogP contribution >= 0.6 is 0 Å². The van der Waals surface area contributed by atoms with Gasteiger partial charge in [-0.2, -0.15) is 0 Å². The number of carbonyl (C=O) groups is 2. The van der Waals surface area contributed by atoms with E-state index in [1.54, 1.807) is 0 Å². The van der Waals surface area contributed by atoms with Crippen LogP contribution < -0.4 is 11.1 Å². The summed E-state index contributed by atoms with van der Waals surface area (Å²) in [5, 5.41) is 16.5. The van der Waals surface area contributed by atoms with Gasteiger partial charge in [0.05, 0.1) is 0 Å². The van der Waals surface area contributed by atoms with Crippen molar-refractivity contribution >= 4 is 11.9 Å². The lowest BCUT2D eigenvalue weighted by atomic mass is 10.3. The minimum absolute atomic E-state index is 0.171. The third kappa shape index (κ3) is 1.00. The van der Waals surface area contributed by atoms with Crippen molar-refractivity contribution in [2.75, 3.05) is 0 Å². The fraction of sp³-hybridized carbons (Fsp3) is 0.200. The van der Waals surface area contributed by atoms with Crippen LogP contribution in [0.2, 0.25) is 0 Å². The molecular formula is C5H3NO6. The van der Waals surface area contributed by atoms with Gasteiger partial charge in [0, 0.05) is 0 Å². The van der Waals surface area contributed by atoms with Gasteiger partial charge in [0.1, 0.15) is 0 Å². The highest BCUT2D eigenvalue weighted by Crippen LogP contribution is 2.01. The maximum atomic E-state index is 10.3. The predicted molar refractivity (Wildman–Crippen MR) is 33.7 cm³/mol. The largest absolute Gasteiger partial charge is 0.479 e. The molecule has 0 aliphatic rings. The highest BCUT2D eigenvalue weighted by atomic mass is 16.4. The Morgan fingerprint density at radius 1 is 1.08 bits per heavy atom. The summed E-state index contributed by atoms with van der Waals surface area (Å²) in [5.41, 5.74) is -2.16. The lowest BCUT2D eigenvalue weighted by molar-refractivity contribution is -0.152. The summed E-state index contributed by atoms with van der Waals surface area (Å²) in [5.74, 6) is -3.47. The number of hydrogen-bond donors (Lipinski definition) is 2. The molecule has 0 aromatic carbocycles. The maximum Gasteiger partial charge on any atom is 0.338 e. The Morgan fingerprint density at radius 3 is 1.50 bits per heavy atom. The molecule has 7 heteroatoms. The topological polar surface area (TPSA) is 114 Å². The predicted octanol–water partition coefficient (Wildman–Crippen LogP) is -2.21. The van der Waals surface area contributed by atoms with Gasteiger partial charge in [0.2, 0.25) is 6.04 Å². The summed E-state index contributed by atoms with van der Waals surface area (Å²) >= 11 is 0. The van der Waals surface area contributed by atoms with Crippen LogP contribution in [0, 0.1) is 0 Å². The van der Waals surface area contributed by atoms with Crippen LogP contribution in [-0.4, -0.2) is 26.7 Å². The lowest BCUT2D eigenvalue weighted by Gasteiger charge is -1.99. The molecule has 1 aromatic rings. The van der Waals surface area contributed by atoms with Crippen molar-refractivity contribution in [2.45, 2.75) is 6.04 Å². The van der Waals surface area contributed by atoms with Gasteiger partial charge < -0.3 is 10.2 Å².